The zero-order chi connectivity index (χ0) is 14.6. The topological polar surface area (TPSA) is 15.7 Å². The summed E-state index contributed by atoms with van der Waals surface area (Å²) in [6.45, 7) is 3.72. The summed E-state index contributed by atoms with van der Waals surface area (Å²) in [7, 11) is 0. The van der Waals surface area contributed by atoms with Crippen LogP contribution in [0.5, 0.6) is 5.75 Å². The summed E-state index contributed by atoms with van der Waals surface area (Å²) >= 11 is 0. The first-order valence-corrected chi connectivity index (χ1v) is 6.96. The molecule has 0 fully saturated rings. The van der Waals surface area contributed by atoms with Crippen LogP contribution in [0.2, 0.25) is 0 Å². The van der Waals surface area contributed by atoms with Gasteiger partial charge in [0, 0.05) is 11.3 Å². The van der Waals surface area contributed by atoms with E-state index < -0.39 is 0 Å². The molecule has 1 unspecified atom stereocenters. The second-order valence-corrected chi connectivity index (χ2v) is 5.32. The van der Waals surface area contributed by atoms with E-state index in [1.807, 2.05) is 60.4 Å². The van der Waals surface area contributed by atoms with Crippen LogP contribution in [-0.2, 0) is 0 Å². The lowest BCUT2D eigenvalue weighted by atomic mass is 10.0. The lowest BCUT2D eigenvalue weighted by molar-refractivity contribution is 0.123. The number of allylic oxidation sites excluding steroid dienone is 4. The Morgan fingerprint density at radius 2 is 1.90 bits per heavy atom. The van der Waals surface area contributed by atoms with Gasteiger partial charge >= 0.3 is 0 Å². The largest absolute Gasteiger partial charge is 0.479 e. The van der Waals surface area contributed by atoms with E-state index in [4.69, 9.17) is 4.74 Å². The van der Waals surface area contributed by atoms with Gasteiger partial charge in [-0.15, -0.1) is 0 Å². The Kier molecular flexibility index (Phi) is 2.48. The molecule has 106 valence electrons. The molecule has 0 bridgehead atoms. The summed E-state index contributed by atoms with van der Waals surface area (Å²) in [5.74, 6) is 1.29. The Bertz CT molecular complexity index is 745. The third kappa shape index (κ3) is 1.59. The lowest BCUT2D eigenvalue weighted by Gasteiger charge is -2.23. The zero-order valence-corrected chi connectivity index (χ0v) is 11.9. The highest BCUT2D eigenvalue weighted by molar-refractivity contribution is 5.71. The number of fused-ring (bicyclic) bond motifs is 4. The predicted molar refractivity (Wildman–Crippen MR) is 80.0 cm³/mol. The summed E-state index contributed by atoms with van der Waals surface area (Å²) in [5.41, 5.74) is 3.18. The standard InChI is InChI=1S/C17H15FN2O/c1-11-12(2)20(18)17-13-7-3-5-9-15(13)21-16-10-6-4-8-14(16)19(11)17/h3-10,15H,1-2H3. The summed E-state index contributed by atoms with van der Waals surface area (Å²) in [6.07, 6.45) is 7.43. The number of para-hydroxylation sites is 2. The molecule has 2 heterocycles. The number of benzene rings is 1. The van der Waals surface area contributed by atoms with E-state index in [9.17, 15) is 4.48 Å². The average Bonchev–Trinajstić information content (AvgIpc) is 2.67. The van der Waals surface area contributed by atoms with Crippen molar-refractivity contribution >= 4 is 5.69 Å². The first-order valence-electron chi connectivity index (χ1n) is 6.96. The van der Waals surface area contributed by atoms with Crippen LogP contribution in [0.4, 0.5) is 10.2 Å². The van der Waals surface area contributed by atoms with Crippen molar-refractivity contribution in [2.24, 2.45) is 0 Å². The van der Waals surface area contributed by atoms with Crippen molar-refractivity contribution in [3.63, 3.8) is 0 Å². The maximum atomic E-state index is 14.7. The Labute approximate surface area is 122 Å². The van der Waals surface area contributed by atoms with Gasteiger partial charge in [0.15, 0.2) is 5.82 Å². The van der Waals surface area contributed by atoms with Crippen LogP contribution in [0, 0.1) is 0 Å². The van der Waals surface area contributed by atoms with Crippen LogP contribution in [0.3, 0.4) is 0 Å². The molecule has 0 amide bonds. The monoisotopic (exact) mass is 282 g/mol. The molecular formula is C17H15FN2O. The van der Waals surface area contributed by atoms with E-state index in [-0.39, 0.29) is 6.10 Å². The first kappa shape index (κ1) is 12.3. The number of nitrogens with zero attached hydrogens (tertiary/aromatic N) is 2. The number of halogens is 1. The maximum Gasteiger partial charge on any atom is 0.155 e. The van der Waals surface area contributed by atoms with Crippen molar-refractivity contribution in [3.8, 4) is 5.75 Å². The number of hydrogen-bond donors (Lipinski definition) is 0. The van der Waals surface area contributed by atoms with Crippen molar-refractivity contribution in [1.82, 2.24) is 5.12 Å². The normalized spacial score (nSPS) is 22.9. The van der Waals surface area contributed by atoms with E-state index in [0.717, 1.165) is 27.8 Å². The van der Waals surface area contributed by atoms with E-state index >= 15 is 0 Å². The molecule has 3 aliphatic rings. The summed E-state index contributed by atoms with van der Waals surface area (Å²) in [4.78, 5) is 1.93. The van der Waals surface area contributed by atoms with Crippen molar-refractivity contribution in [3.05, 3.63) is 71.4 Å². The van der Waals surface area contributed by atoms with E-state index in [1.54, 1.807) is 6.92 Å². The van der Waals surface area contributed by atoms with E-state index in [1.165, 1.54) is 0 Å². The zero-order valence-electron chi connectivity index (χ0n) is 11.9. The number of anilines is 1. The molecule has 0 spiro atoms. The summed E-state index contributed by atoms with van der Waals surface area (Å²) in [5, 5.41) is 0.757. The fourth-order valence-electron chi connectivity index (χ4n) is 2.95. The third-order valence-corrected chi connectivity index (χ3v) is 4.15. The van der Waals surface area contributed by atoms with Gasteiger partial charge in [0.25, 0.3) is 0 Å². The molecule has 3 nitrogen and oxygen atoms in total. The molecule has 4 heteroatoms. The van der Waals surface area contributed by atoms with Gasteiger partial charge < -0.3 is 4.74 Å². The Balaban J connectivity index is 2.02. The van der Waals surface area contributed by atoms with Gasteiger partial charge in [-0.2, -0.15) is 5.12 Å². The van der Waals surface area contributed by atoms with Gasteiger partial charge in [-0.05, 0) is 32.1 Å². The number of ether oxygens (including phenoxy) is 1. The van der Waals surface area contributed by atoms with Gasteiger partial charge in [0.1, 0.15) is 11.9 Å². The molecule has 21 heavy (non-hydrogen) atoms. The fourth-order valence-corrected chi connectivity index (χ4v) is 2.95. The van der Waals surface area contributed by atoms with E-state index in [0.29, 0.717) is 11.5 Å². The van der Waals surface area contributed by atoms with Gasteiger partial charge in [-0.25, -0.2) is 0 Å². The van der Waals surface area contributed by atoms with Crippen LogP contribution in [0.1, 0.15) is 13.8 Å². The second-order valence-electron chi connectivity index (χ2n) is 5.32. The molecule has 1 aromatic carbocycles. The van der Waals surface area contributed by atoms with Gasteiger partial charge in [-0.3, -0.25) is 4.90 Å². The fraction of sp³-hybridized carbons (Fsp3) is 0.176. The highest BCUT2D eigenvalue weighted by Crippen LogP contribution is 2.46. The number of rotatable bonds is 0. The molecule has 0 saturated carbocycles. The summed E-state index contributed by atoms with van der Waals surface area (Å²) in [6, 6.07) is 7.75. The molecule has 1 atom stereocenters. The minimum Gasteiger partial charge on any atom is -0.479 e. The van der Waals surface area contributed by atoms with Gasteiger partial charge in [0.2, 0.25) is 0 Å². The molecule has 0 aromatic heterocycles. The SMILES string of the molecule is CC1=C(C)N2C(=C3C=CC=CC3Oc3ccccc32)N1F. The van der Waals surface area contributed by atoms with Crippen molar-refractivity contribution in [2.45, 2.75) is 20.0 Å². The average molecular weight is 282 g/mol. The van der Waals surface area contributed by atoms with Crippen molar-refractivity contribution < 1.29 is 9.22 Å². The van der Waals surface area contributed by atoms with E-state index in [2.05, 4.69) is 0 Å². The van der Waals surface area contributed by atoms with Crippen LogP contribution in [-0.4, -0.2) is 11.2 Å². The Hall–Kier alpha value is -2.49. The molecule has 1 aromatic rings. The Morgan fingerprint density at radius 1 is 1.10 bits per heavy atom. The molecule has 2 aliphatic heterocycles. The first-order chi connectivity index (χ1) is 10.2. The molecule has 0 N–H and O–H groups in total. The summed E-state index contributed by atoms with van der Waals surface area (Å²) < 4.78 is 20.8. The van der Waals surface area contributed by atoms with Crippen molar-refractivity contribution in [1.29, 1.82) is 0 Å². The number of hydrogen-bond acceptors (Lipinski definition) is 3. The molecule has 1 aliphatic carbocycles. The second kappa shape index (κ2) is 4.25. The molecule has 0 radical (unpaired) electrons. The smallest absolute Gasteiger partial charge is 0.155 e. The van der Waals surface area contributed by atoms with Crippen LogP contribution >= 0.6 is 0 Å². The minimum atomic E-state index is -0.270. The van der Waals surface area contributed by atoms with Gasteiger partial charge in [-0.1, -0.05) is 34.8 Å². The predicted octanol–water partition coefficient (Wildman–Crippen LogP) is 4.04. The molecule has 4 rings (SSSR count). The van der Waals surface area contributed by atoms with Crippen molar-refractivity contribution in [2.75, 3.05) is 4.90 Å². The highest BCUT2D eigenvalue weighted by atomic mass is 19.2. The third-order valence-electron chi connectivity index (χ3n) is 4.15. The van der Waals surface area contributed by atoms with Crippen LogP contribution in [0.15, 0.2) is 71.4 Å². The minimum absolute atomic E-state index is 0.270. The lowest BCUT2D eigenvalue weighted by Crippen LogP contribution is -2.24. The quantitative estimate of drug-likeness (QED) is 0.668. The maximum absolute atomic E-state index is 14.7. The molecular weight excluding hydrogens is 267 g/mol. The van der Waals surface area contributed by atoms with Gasteiger partial charge in [0.05, 0.1) is 11.4 Å². The Morgan fingerprint density at radius 3 is 2.76 bits per heavy atom. The van der Waals surface area contributed by atoms with Crippen LogP contribution < -0.4 is 9.64 Å². The highest BCUT2D eigenvalue weighted by Gasteiger charge is 2.39. The van der Waals surface area contributed by atoms with Crippen LogP contribution in [0.25, 0.3) is 0 Å². The molecule has 0 saturated heterocycles.